The molecule has 11 heteroatoms. The number of nitrogens with one attached hydrogen (secondary N) is 1. The average molecular weight is 488 g/mol. The van der Waals surface area contributed by atoms with E-state index in [0.717, 1.165) is 0 Å². The highest BCUT2D eigenvalue weighted by Gasteiger charge is 2.50. The van der Waals surface area contributed by atoms with E-state index in [9.17, 15) is 14.2 Å². The van der Waals surface area contributed by atoms with Gasteiger partial charge in [-0.2, -0.15) is 4.98 Å². The molecule has 0 bridgehead atoms. The molecule has 33 heavy (non-hydrogen) atoms. The monoisotopic (exact) mass is 487 g/mol. The van der Waals surface area contributed by atoms with Gasteiger partial charge in [-0.1, -0.05) is 20.8 Å². The van der Waals surface area contributed by atoms with Crippen LogP contribution in [0.2, 0.25) is 0 Å². The molecular weight excluding hydrogens is 449 g/mol. The largest absolute Gasteiger partial charge is 0.462 e. The Labute approximate surface area is 195 Å². The maximum absolute atomic E-state index is 13.4. The molecule has 1 N–H and O–H groups in total. The molecule has 0 amide bonds. The molecule has 1 aliphatic heterocycles. The summed E-state index contributed by atoms with van der Waals surface area (Å²) in [5, 5.41) is 2.66. The van der Waals surface area contributed by atoms with Crippen molar-refractivity contribution in [2.45, 2.75) is 92.9 Å². The van der Waals surface area contributed by atoms with Gasteiger partial charge in [-0.3, -0.25) is 18.4 Å². The van der Waals surface area contributed by atoms with E-state index in [-0.39, 0.29) is 18.6 Å². The average Bonchev–Trinajstić information content (AvgIpc) is 2.88. The minimum Gasteiger partial charge on any atom is -0.462 e. The second-order valence-electron chi connectivity index (χ2n) is 9.68. The van der Waals surface area contributed by atoms with Gasteiger partial charge in [0, 0.05) is 17.3 Å². The summed E-state index contributed by atoms with van der Waals surface area (Å²) in [6.07, 6.45) is -0.0924. The van der Waals surface area contributed by atoms with E-state index in [0.29, 0.717) is 5.69 Å². The van der Waals surface area contributed by atoms with Crippen molar-refractivity contribution in [2.75, 3.05) is 6.61 Å². The van der Waals surface area contributed by atoms with Crippen LogP contribution in [0, 0.1) is 18.3 Å². The Morgan fingerprint density at radius 2 is 1.91 bits per heavy atom. The van der Waals surface area contributed by atoms with Gasteiger partial charge < -0.3 is 9.47 Å². The van der Waals surface area contributed by atoms with Gasteiger partial charge in [0.1, 0.15) is 12.3 Å². The van der Waals surface area contributed by atoms with Crippen LogP contribution in [0.3, 0.4) is 0 Å². The van der Waals surface area contributed by atoms with Crippen LogP contribution < -0.4 is 10.8 Å². The first kappa shape index (κ1) is 27.7. The van der Waals surface area contributed by atoms with Gasteiger partial charge in [0.15, 0.2) is 0 Å². The number of aryl methyl sites for hydroxylation is 1. The van der Waals surface area contributed by atoms with Crippen LogP contribution in [0.25, 0.3) is 0 Å². The number of rotatable bonds is 10. The maximum atomic E-state index is 13.4. The molecule has 0 saturated carbocycles. The van der Waals surface area contributed by atoms with Crippen molar-refractivity contribution >= 4 is 13.7 Å². The van der Waals surface area contributed by atoms with Gasteiger partial charge in [0.25, 0.3) is 0 Å². The summed E-state index contributed by atoms with van der Waals surface area (Å²) in [6.45, 7) is 16.1. The lowest BCUT2D eigenvalue weighted by Gasteiger charge is -2.30. The number of carbonyl (C=O) groups is 1. The second kappa shape index (κ2) is 10.8. The molecule has 188 valence electrons. The standard InChI is InChI=1S/C22H38N3O7P/c1-13(2)30-19(26)17(7)24-33(28,32-14(3)4)29-12-18-16(6)22(8,9)20(31-18)25-11-10-15(5)23-21(25)27/h10-11,13-14,16-18,20H,12H2,1-9H3,(H,24,28). The highest BCUT2D eigenvalue weighted by molar-refractivity contribution is 7.51. The first-order chi connectivity index (χ1) is 15.2. The molecule has 1 aromatic rings. The zero-order valence-electron chi connectivity index (χ0n) is 21.0. The predicted octanol–water partition coefficient (Wildman–Crippen LogP) is 3.59. The second-order valence-corrected chi connectivity index (χ2v) is 11.4. The molecule has 2 rings (SSSR count). The SMILES string of the molecule is Cc1ccn(C2OC(COP(=O)(NC(C)C(=O)OC(C)C)OC(C)C)C(C)C2(C)C)c(=O)n1. The number of carbonyl (C=O) groups excluding carboxylic acids is 1. The summed E-state index contributed by atoms with van der Waals surface area (Å²) in [7, 11) is -3.87. The molecule has 5 unspecified atom stereocenters. The minimum atomic E-state index is -3.87. The molecule has 0 radical (unpaired) electrons. The minimum absolute atomic E-state index is 0.0495. The number of esters is 1. The summed E-state index contributed by atoms with van der Waals surface area (Å²) in [6, 6.07) is 0.849. The van der Waals surface area contributed by atoms with Crippen molar-refractivity contribution < 1.29 is 27.9 Å². The molecular formula is C22H38N3O7P. The molecule has 1 aliphatic rings. The first-order valence-electron chi connectivity index (χ1n) is 11.3. The number of hydrogen-bond donors (Lipinski definition) is 1. The van der Waals surface area contributed by atoms with Gasteiger partial charge in [-0.15, -0.1) is 0 Å². The predicted molar refractivity (Wildman–Crippen MR) is 124 cm³/mol. The van der Waals surface area contributed by atoms with Crippen molar-refractivity contribution in [1.29, 1.82) is 0 Å². The zero-order chi connectivity index (χ0) is 25.1. The summed E-state index contributed by atoms with van der Waals surface area (Å²) < 4.78 is 37.5. The third-order valence-electron chi connectivity index (χ3n) is 5.71. The van der Waals surface area contributed by atoms with Crippen molar-refractivity contribution in [3.8, 4) is 0 Å². The number of nitrogens with zero attached hydrogens (tertiary/aromatic N) is 2. The van der Waals surface area contributed by atoms with Crippen LogP contribution in [0.5, 0.6) is 0 Å². The fraction of sp³-hybridized carbons (Fsp3) is 0.773. The molecule has 1 saturated heterocycles. The van der Waals surface area contributed by atoms with E-state index in [2.05, 4.69) is 10.1 Å². The zero-order valence-corrected chi connectivity index (χ0v) is 21.9. The van der Waals surface area contributed by atoms with Gasteiger partial charge in [0.05, 0.1) is 24.9 Å². The van der Waals surface area contributed by atoms with Crippen LogP contribution in [0.1, 0.15) is 67.3 Å². The Morgan fingerprint density at radius 3 is 2.45 bits per heavy atom. The lowest BCUT2D eigenvalue weighted by atomic mass is 9.78. The Kier molecular flexibility index (Phi) is 9.04. The quantitative estimate of drug-likeness (QED) is 0.390. The van der Waals surface area contributed by atoms with Gasteiger partial charge in [-0.25, -0.2) is 14.4 Å². The smallest absolute Gasteiger partial charge is 0.406 e. The maximum Gasteiger partial charge on any atom is 0.406 e. The van der Waals surface area contributed by atoms with Crippen molar-refractivity contribution in [3.63, 3.8) is 0 Å². The molecule has 0 aliphatic carbocycles. The number of ether oxygens (including phenoxy) is 2. The Morgan fingerprint density at radius 1 is 1.27 bits per heavy atom. The lowest BCUT2D eigenvalue weighted by Crippen LogP contribution is -2.37. The third kappa shape index (κ3) is 6.96. The van der Waals surface area contributed by atoms with Gasteiger partial charge in [0.2, 0.25) is 0 Å². The van der Waals surface area contributed by atoms with Gasteiger partial charge in [-0.05, 0) is 53.5 Å². The summed E-state index contributed by atoms with van der Waals surface area (Å²) in [4.78, 5) is 28.6. The molecule has 5 atom stereocenters. The highest BCUT2D eigenvalue weighted by atomic mass is 31.2. The summed E-state index contributed by atoms with van der Waals surface area (Å²) in [5.41, 5.74) is -0.197. The molecule has 0 spiro atoms. The Hall–Kier alpha value is -1.58. The molecule has 0 aromatic carbocycles. The van der Waals surface area contributed by atoms with E-state index in [4.69, 9.17) is 18.5 Å². The normalized spacial score (nSPS) is 25.2. The highest BCUT2D eigenvalue weighted by Crippen LogP contribution is 2.51. The van der Waals surface area contributed by atoms with E-state index in [1.807, 2.05) is 20.8 Å². The fourth-order valence-corrected chi connectivity index (χ4v) is 5.29. The molecule has 1 fully saturated rings. The molecule has 2 heterocycles. The Bertz CT molecular complexity index is 931. The number of hydrogen-bond acceptors (Lipinski definition) is 8. The lowest BCUT2D eigenvalue weighted by molar-refractivity contribution is -0.149. The molecule has 1 aromatic heterocycles. The van der Waals surface area contributed by atoms with E-state index < -0.39 is 49.3 Å². The van der Waals surface area contributed by atoms with Crippen LogP contribution >= 0.6 is 7.75 Å². The fourth-order valence-electron chi connectivity index (χ4n) is 3.62. The topological polar surface area (TPSA) is 118 Å². The third-order valence-corrected chi connectivity index (χ3v) is 7.60. The van der Waals surface area contributed by atoms with Crippen LogP contribution in [0.15, 0.2) is 17.1 Å². The first-order valence-corrected chi connectivity index (χ1v) is 12.8. The van der Waals surface area contributed by atoms with Crippen LogP contribution in [0.4, 0.5) is 0 Å². The van der Waals surface area contributed by atoms with Gasteiger partial charge >= 0.3 is 19.4 Å². The van der Waals surface area contributed by atoms with Crippen LogP contribution in [-0.2, 0) is 27.9 Å². The summed E-state index contributed by atoms with van der Waals surface area (Å²) >= 11 is 0. The number of aromatic nitrogens is 2. The van der Waals surface area contributed by atoms with E-state index in [1.165, 1.54) is 11.5 Å². The van der Waals surface area contributed by atoms with E-state index in [1.54, 1.807) is 46.9 Å². The van der Waals surface area contributed by atoms with Crippen molar-refractivity contribution in [2.24, 2.45) is 11.3 Å². The van der Waals surface area contributed by atoms with Crippen molar-refractivity contribution in [1.82, 2.24) is 14.6 Å². The van der Waals surface area contributed by atoms with E-state index >= 15 is 0 Å². The molecule has 10 nitrogen and oxygen atoms in total. The summed E-state index contributed by atoms with van der Waals surface area (Å²) in [5.74, 6) is -0.606. The Balaban J connectivity index is 2.17. The van der Waals surface area contributed by atoms with Crippen molar-refractivity contribution in [3.05, 3.63) is 28.4 Å². The van der Waals surface area contributed by atoms with Crippen LogP contribution in [-0.4, -0.2) is 46.5 Å².